The molecule has 0 bridgehead atoms. The maximum atomic E-state index is 5.97. The second-order valence-corrected chi connectivity index (χ2v) is 4.12. The molecule has 0 spiro atoms. The second kappa shape index (κ2) is 6.16. The summed E-state index contributed by atoms with van der Waals surface area (Å²) in [6, 6.07) is 5.99. The van der Waals surface area contributed by atoms with Crippen molar-refractivity contribution in [2.45, 2.75) is 19.4 Å². The molecule has 1 atom stereocenters. The Morgan fingerprint density at radius 2 is 2.13 bits per heavy atom. The van der Waals surface area contributed by atoms with Crippen molar-refractivity contribution in [1.82, 2.24) is 5.32 Å². The third-order valence-corrected chi connectivity index (χ3v) is 2.94. The Hall–Kier alpha value is -0.500. The fraction of sp³-hybridized carbons (Fsp3) is 0.333. The van der Waals surface area contributed by atoms with Crippen LogP contribution in [0.3, 0.4) is 0 Å². The number of hydrogen-bond acceptors (Lipinski definition) is 1. The minimum atomic E-state index is 0.266. The van der Waals surface area contributed by atoms with Gasteiger partial charge in [0.25, 0.3) is 0 Å². The second-order valence-electron chi connectivity index (χ2n) is 3.31. The Kier molecular flexibility index (Phi) is 5.16. The average molecular weight is 244 g/mol. The molecule has 0 amide bonds. The maximum Gasteiger partial charge on any atom is 0.0595 e. The Labute approximate surface area is 101 Å². The lowest BCUT2D eigenvalue weighted by Gasteiger charge is -2.16. The highest BCUT2D eigenvalue weighted by Crippen LogP contribution is 2.26. The van der Waals surface area contributed by atoms with Gasteiger partial charge < -0.3 is 5.32 Å². The zero-order valence-corrected chi connectivity index (χ0v) is 10.3. The van der Waals surface area contributed by atoms with Gasteiger partial charge in [0.15, 0.2) is 0 Å². The van der Waals surface area contributed by atoms with Crippen molar-refractivity contribution >= 4 is 23.2 Å². The molecule has 0 saturated heterocycles. The molecule has 1 aromatic rings. The monoisotopic (exact) mass is 243 g/mol. The van der Waals surface area contributed by atoms with Crippen molar-refractivity contribution in [2.75, 3.05) is 6.54 Å². The number of hydrogen-bond donors (Lipinski definition) is 1. The standard InChI is InChI=1S/C12H15Cl2N/c1-3-5-12(15-4-2)9-6-7-10(13)11(14)8-9/h3,6-8,12,15H,1,4-5H2,2H3. The van der Waals surface area contributed by atoms with Crippen molar-refractivity contribution in [3.63, 3.8) is 0 Å². The van der Waals surface area contributed by atoms with Gasteiger partial charge in [0.05, 0.1) is 10.0 Å². The molecular formula is C12H15Cl2N. The van der Waals surface area contributed by atoms with Gasteiger partial charge in [0.2, 0.25) is 0 Å². The summed E-state index contributed by atoms with van der Waals surface area (Å²) >= 11 is 11.8. The number of halogens is 2. The SMILES string of the molecule is C=CCC(NCC)c1ccc(Cl)c(Cl)c1. The van der Waals surface area contributed by atoms with E-state index in [9.17, 15) is 0 Å². The van der Waals surface area contributed by atoms with Gasteiger partial charge in [-0.05, 0) is 30.7 Å². The minimum Gasteiger partial charge on any atom is -0.310 e. The highest BCUT2D eigenvalue weighted by Gasteiger charge is 2.09. The third-order valence-electron chi connectivity index (χ3n) is 2.20. The molecular weight excluding hydrogens is 229 g/mol. The highest BCUT2D eigenvalue weighted by atomic mass is 35.5. The van der Waals surface area contributed by atoms with Crippen LogP contribution in [0.4, 0.5) is 0 Å². The summed E-state index contributed by atoms with van der Waals surface area (Å²) in [7, 11) is 0. The molecule has 1 rings (SSSR count). The first-order valence-electron chi connectivity index (χ1n) is 4.98. The molecule has 3 heteroatoms. The van der Waals surface area contributed by atoms with Crippen molar-refractivity contribution in [3.05, 3.63) is 46.5 Å². The van der Waals surface area contributed by atoms with E-state index < -0.39 is 0 Å². The molecule has 82 valence electrons. The van der Waals surface area contributed by atoms with Gasteiger partial charge in [-0.1, -0.05) is 42.3 Å². The summed E-state index contributed by atoms with van der Waals surface area (Å²) in [6.45, 7) is 6.74. The molecule has 1 aromatic carbocycles. The topological polar surface area (TPSA) is 12.0 Å². The van der Waals surface area contributed by atoms with Crippen molar-refractivity contribution < 1.29 is 0 Å². The lowest BCUT2D eigenvalue weighted by molar-refractivity contribution is 0.559. The summed E-state index contributed by atoms with van der Waals surface area (Å²) in [6.07, 6.45) is 2.78. The zero-order chi connectivity index (χ0) is 11.3. The average Bonchev–Trinajstić information content (AvgIpc) is 2.22. The molecule has 0 aliphatic carbocycles. The van der Waals surface area contributed by atoms with Gasteiger partial charge in [0, 0.05) is 6.04 Å². The fourth-order valence-electron chi connectivity index (χ4n) is 1.48. The smallest absolute Gasteiger partial charge is 0.0595 e. The molecule has 0 heterocycles. The quantitative estimate of drug-likeness (QED) is 0.764. The van der Waals surface area contributed by atoms with Crippen LogP contribution in [0.15, 0.2) is 30.9 Å². The van der Waals surface area contributed by atoms with Gasteiger partial charge >= 0.3 is 0 Å². The Morgan fingerprint density at radius 1 is 1.40 bits per heavy atom. The van der Waals surface area contributed by atoms with Crippen LogP contribution in [-0.2, 0) is 0 Å². The molecule has 1 nitrogen and oxygen atoms in total. The summed E-state index contributed by atoms with van der Waals surface area (Å²) in [5.74, 6) is 0. The van der Waals surface area contributed by atoms with E-state index in [1.54, 1.807) is 0 Å². The summed E-state index contributed by atoms with van der Waals surface area (Å²) < 4.78 is 0. The zero-order valence-electron chi connectivity index (χ0n) is 8.76. The van der Waals surface area contributed by atoms with E-state index in [-0.39, 0.29) is 6.04 Å². The van der Waals surface area contributed by atoms with E-state index in [0.717, 1.165) is 18.5 Å². The first-order valence-corrected chi connectivity index (χ1v) is 5.73. The van der Waals surface area contributed by atoms with Crippen LogP contribution in [0.2, 0.25) is 10.0 Å². The van der Waals surface area contributed by atoms with Gasteiger partial charge in [-0.15, -0.1) is 6.58 Å². The minimum absolute atomic E-state index is 0.266. The van der Waals surface area contributed by atoms with E-state index in [2.05, 4.69) is 18.8 Å². The van der Waals surface area contributed by atoms with E-state index in [4.69, 9.17) is 23.2 Å². The van der Waals surface area contributed by atoms with E-state index in [1.165, 1.54) is 0 Å². The summed E-state index contributed by atoms with van der Waals surface area (Å²) in [5, 5.41) is 4.56. The molecule has 0 saturated carbocycles. The fourth-order valence-corrected chi connectivity index (χ4v) is 1.79. The van der Waals surface area contributed by atoms with Crippen LogP contribution in [0.25, 0.3) is 0 Å². The van der Waals surface area contributed by atoms with E-state index in [0.29, 0.717) is 10.0 Å². The normalized spacial score (nSPS) is 12.5. The molecule has 1 N–H and O–H groups in total. The first kappa shape index (κ1) is 12.6. The van der Waals surface area contributed by atoms with E-state index >= 15 is 0 Å². The van der Waals surface area contributed by atoms with Gasteiger partial charge in [-0.2, -0.15) is 0 Å². The van der Waals surface area contributed by atoms with Crippen molar-refractivity contribution in [2.24, 2.45) is 0 Å². The largest absolute Gasteiger partial charge is 0.310 e. The number of benzene rings is 1. The lowest BCUT2D eigenvalue weighted by atomic mass is 10.0. The summed E-state index contributed by atoms with van der Waals surface area (Å²) in [5.41, 5.74) is 1.14. The first-order chi connectivity index (χ1) is 7.19. The van der Waals surface area contributed by atoms with Crippen molar-refractivity contribution in [1.29, 1.82) is 0 Å². The summed E-state index contributed by atoms with van der Waals surface area (Å²) in [4.78, 5) is 0. The van der Waals surface area contributed by atoms with Gasteiger partial charge in [0.1, 0.15) is 0 Å². The molecule has 15 heavy (non-hydrogen) atoms. The molecule has 1 unspecified atom stereocenters. The molecule has 0 aliphatic rings. The maximum absolute atomic E-state index is 5.97. The highest BCUT2D eigenvalue weighted by molar-refractivity contribution is 6.42. The van der Waals surface area contributed by atoms with Gasteiger partial charge in [-0.25, -0.2) is 0 Å². The van der Waals surface area contributed by atoms with Crippen LogP contribution in [-0.4, -0.2) is 6.54 Å². The predicted molar refractivity (Wildman–Crippen MR) is 67.7 cm³/mol. The van der Waals surface area contributed by atoms with Crippen LogP contribution in [0.1, 0.15) is 24.9 Å². The third kappa shape index (κ3) is 3.53. The number of rotatable bonds is 5. The molecule has 0 aromatic heterocycles. The molecule has 0 fully saturated rings. The predicted octanol–water partition coefficient (Wildman–Crippen LogP) is 4.22. The molecule has 0 radical (unpaired) electrons. The van der Waals surface area contributed by atoms with Crippen LogP contribution >= 0.6 is 23.2 Å². The Morgan fingerprint density at radius 3 is 2.67 bits per heavy atom. The Balaban J connectivity index is 2.89. The Bertz CT molecular complexity index is 336. The van der Waals surface area contributed by atoms with Crippen LogP contribution < -0.4 is 5.32 Å². The molecule has 0 aliphatic heterocycles. The lowest BCUT2D eigenvalue weighted by Crippen LogP contribution is -2.20. The van der Waals surface area contributed by atoms with Crippen molar-refractivity contribution in [3.8, 4) is 0 Å². The van der Waals surface area contributed by atoms with E-state index in [1.807, 2.05) is 24.3 Å². The van der Waals surface area contributed by atoms with Crippen LogP contribution in [0, 0.1) is 0 Å². The van der Waals surface area contributed by atoms with Gasteiger partial charge in [-0.3, -0.25) is 0 Å². The number of nitrogens with one attached hydrogen (secondary N) is 1. The van der Waals surface area contributed by atoms with Crippen LogP contribution in [0.5, 0.6) is 0 Å².